The highest BCUT2D eigenvalue weighted by molar-refractivity contribution is 5.96. The molecule has 8 nitrogen and oxygen atoms in total. The topological polar surface area (TPSA) is 123 Å². The van der Waals surface area contributed by atoms with E-state index in [1.54, 1.807) is 0 Å². The van der Waals surface area contributed by atoms with Crippen LogP contribution in [0.1, 0.15) is 30.3 Å². The zero-order valence-electron chi connectivity index (χ0n) is 10.2. The van der Waals surface area contributed by atoms with Crippen molar-refractivity contribution < 1.29 is 14.7 Å². The monoisotopic (exact) mass is 267 g/mol. The van der Waals surface area contributed by atoms with Crippen molar-refractivity contribution in [2.75, 3.05) is 6.54 Å². The lowest BCUT2D eigenvalue weighted by molar-refractivity contribution is -0.147. The van der Waals surface area contributed by atoms with Crippen LogP contribution in [0.15, 0.2) is 15.7 Å². The number of aromatic nitrogens is 2. The fourth-order valence-corrected chi connectivity index (χ4v) is 2.24. The number of carboxylic acids is 1. The van der Waals surface area contributed by atoms with Crippen molar-refractivity contribution in [3.63, 3.8) is 0 Å². The van der Waals surface area contributed by atoms with Gasteiger partial charge in [-0.2, -0.15) is 0 Å². The molecule has 1 aromatic rings. The van der Waals surface area contributed by atoms with Crippen molar-refractivity contribution in [1.82, 2.24) is 14.9 Å². The molecular formula is C11H13N3O5. The molecule has 1 aliphatic heterocycles. The van der Waals surface area contributed by atoms with E-state index < -0.39 is 28.7 Å². The number of carbonyl (C=O) groups excluding carboxylic acids is 1. The summed E-state index contributed by atoms with van der Waals surface area (Å²) in [7, 11) is 0. The highest BCUT2D eigenvalue weighted by Gasteiger charge is 2.46. The molecule has 8 heteroatoms. The highest BCUT2D eigenvalue weighted by atomic mass is 16.4. The van der Waals surface area contributed by atoms with Crippen LogP contribution in [0.4, 0.5) is 0 Å². The number of nitrogens with one attached hydrogen (secondary N) is 2. The first kappa shape index (κ1) is 13.1. The minimum Gasteiger partial charge on any atom is -0.480 e. The number of likely N-dealkylation sites (tertiary alicyclic amines) is 1. The van der Waals surface area contributed by atoms with Gasteiger partial charge in [0.1, 0.15) is 11.2 Å². The summed E-state index contributed by atoms with van der Waals surface area (Å²) in [5.74, 6) is -1.77. The Bertz CT molecular complexity index is 618. The molecular weight excluding hydrogens is 254 g/mol. The maximum atomic E-state index is 12.2. The minimum absolute atomic E-state index is 0.205. The Morgan fingerprint density at radius 1 is 1.37 bits per heavy atom. The molecule has 1 aliphatic rings. The summed E-state index contributed by atoms with van der Waals surface area (Å²) < 4.78 is 0. The molecule has 0 radical (unpaired) electrons. The van der Waals surface area contributed by atoms with Gasteiger partial charge >= 0.3 is 11.7 Å². The van der Waals surface area contributed by atoms with Gasteiger partial charge in [0.15, 0.2) is 0 Å². The van der Waals surface area contributed by atoms with E-state index in [-0.39, 0.29) is 12.2 Å². The molecule has 3 N–H and O–H groups in total. The molecule has 1 atom stereocenters. The van der Waals surface area contributed by atoms with Crippen LogP contribution in [-0.4, -0.2) is 43.9 Å². The van der Waals surface area contributed by atoms with Crippen molar-refractivity contribution in [3.05, 3.63) is 32.6 Å². The Balaban J connectivity index is 2.41. The maximum Gasteiger partial charge on any atom is 0.329 e. The largest absolute Gasteiger partial charge is 0.480 e. The van der Waals surface area contributed by atoms with Gasteiger partial charge in [-0.15, -0.1) is 0 Å². The van der Waals surface area contributed by atoms with E-state index in [9.17, 15) is 24.3 Å². The number of hydrogen-bond donors (Lipinski definition) is 3. The van der Waals surface area contributed by atoms with Crippen molar-refractivity contribution in [1.29, 1.82) is 0 Å². The van der Waals surface area contributed by atoms with Crippen LogP contribution in [0.2, 0.25) is 0 Å². The predicted molar refractivity (Wildman–Crippen MR) is 64.0 cm³/mol. The number of carbonyl (C=O) groups is 2. The Morgan fingerprint density at radius 2 is 2.05 bits per heavy atom. The summed E-state index contributed by atoms with van der Waals surface area (Å²) in [6.07, 6.45) is 0.892. The van der Waals surface area contributed by atoms with Gasteiger partial charge in [0.05, 0.1) is 0 Å². The second kappa shape index (κ2) is 4.38. The summed E-state index contributed by atoms with van der Waals surface area (Å²) in [4.78, 5) is 51.1. The first-order valence-corrected chi connectivity index (χ1v) is 5.73. The third kappa shape index (κ3) is 2.16. The Morgan fingerprint density at radius 3 is 2.63 bits per heavy atom. The lowest BCUT2D eigenvalue weighted by atomic mass is 9.99. The molecule has 1 unspecified atom stereocenters. The van der Waals surface area contributed by atoms with Gasteiger partial charge < -0.3 is 15.0 Å². The van der Waals surface area contributed by atoms with Crippen LogP contribution < -0.4 is 11.2 Å². The molecule has 0 aliphatic carbocycles. The van der Waals surface area contributed by atoms with E-state index in [0.29, 0.717) is 12.8 Å². The fraction of sp³-hybridized carbons (Fsp3) is 0.455. The molecule has 0 saturated carbocycles. The van der Waals surface area contributed by atoms with Gasteiger partial charge in [0.25, 0.3) is 11.5 Å². The van der Waals surface area contributed by atoms with E-state index in [0.717, 1.165) is 6.07 Å². The van der Waals surface area contributed by atoms with Crippen LogP contribution in [0, 0.1) is 0 Å². The average Bonchev–Trinajstić information content (AvgIpc) is 2.70. The first-order valence-electron chi connectivity index (χ1n) is 5.73. The molecule has 0 spiro atoms. The SMILES string of the molecule is CC1(C(=O)O)CCCN1C(=O)c1cc(=O)[nH]c(=O)[nH]1. The average molecular weight is 267 g/mol. The highest BCUT2D eigenvalue weighted by Crippen LogP contribution is 2.30. The molecule has 0 aromatic carbocycles. The van der Waals surface area contributed by atoms with E-state index in [1.165, 1.54) is 11.8 Å². The van der Waals surface area contributed by atoms with Gasteiger partial charge in [-0.3, -0.25) is 14.6 Å². The summed E-state index contributed by atoms with van der Waals surface area (Å²) in [5, 5.41) is 9.21. The standard InChI is InChI=1S/C11H13N3O5/c1-11(9(17)18)3-2-4-14(11)8(16)6-5-7(15)13-10(19)12-6/h5H,2-4H2,1H3,(H,17,18)(H2,12,13,15,19). The van der Waals surface area contributed by atoms with Crippen molar-refractivity contribution >= 4 is 11.9 Å². The van der Waals surface area contributed by atoms with E-state index in [4.69, 9.17) is 0 Å². The summed E-state index contributed by atoms with van der Waals surface area (Å²) in [6.45, 7) is 1.72. The number of aromatic amines is 2. The summed E-state index contributed by atoms with van der Waals surface area (Å²) in [6, 6.07) is 0.949. The number of hydrogen-bond acceptors (Lipinski definition) is 4. The number of nitrogens with zero attached hydrogens (tertiary/aromatic N) is 1. The van der Waals surface area contributed by atoms with Gasteiger partial charge in [-0.1, -0.05) is 0 Å². The predicted octanol–water partition coefficient (Wildman–Crippen LogP) is -0.857. The van der Waals surface area contributed by atoms with Crippen molar-refractivity contribution in [3.8, 4) is 0 Å². The van der Waals surface area contributed by atoms with Crippen LogP contribution in [0.25, 0.3) is 0 Å². The van der Waals surface area contributed by atoms with Crippen molar-refractivity contribution in [2.45, 2.75) is 25.3 Å². The van der Waals surface area contributed by atoms with Gasteiger partial charge in [0, 0.05) is 12.6 Å². The second-order valence-electron chi connectivity index (χ2n) is 4.64. The van der Waals surface area contributed by atoms with Crippen molar-refractivity contribution in [2.24, 2.45) is 0 Å². The molecule has 2 heterocycles. The van der Waals surface area contributed by atoms with Gasteiger partial charge in [-0.05, 0) is 19.8 Å². The molecule has 1 fully saturated rings. The number of H-pyrrole nitrogens is 2. The molecule has 0 bridgehead atoms. The summed E-state index contributed by atoms with van der Waals surface area (Å²) >= 11 is 0. The van der Waals surface area contributed by atoms with Crippen LogP contribution in [0.5, 0.6) is 0 Å². The maximum absolute atomic E-state index is 12.2. The fourth-order valence-electron chi connectivity index (χ4n) is 2.24. The summed E-state index contributed by atoms with van der Waals surface area (Å²) in [5.41, 5.74) is -3.02. The normalized spacial score (nSPS) is 22.5. The zero-order chi connectivity index (χ0) is 14.2. The number of carboxylic acid groups (broad SMARTS) is 1. The number of rotatable bonds is 2. The molecule has 1 amide bonds. The molecule has 1 aromatic heterocycles. The first-order chi connectivity index (χ1) is 8.84. The van der Waals surface area contributed by atoms with E-state index in [2.05, 4.69) is 4.98 Å². The number of amides is 1. The lowest BCUT2D eigenvalue weighted by Gasteiger charge is -2.30. The third-order valence-corrected chi connectivity index (χ3v) is 3.34. The van der Waals surface area contributed by atoms with Crippen LogP contribution in [0.3, 0.4) is 0 Å². The molecule has 19 heavy (non-hydrogen) atoms. The Hall–Kier alpha value is -2.38. The molecule has 2 rings (SSSR count). The van der Waals surface area contributed by atoms with Gasteiger partial charge in [0.2, 0.25) is 0 Å². The Labute approximate surface area is 107 Å². The van der Waals surface area contributed by atoms with E-state index >= 15 is 0 Å². The smallest absolute Gasteiger partial charge is 0.329 e. The van der Waals surface area contributed by atoms with Crippen LogP contribution >= 0.6 is 0 Å². The Kier molecular flexibility index (Phi) is 3.01. The van der Waals surface area contributed by atoms with Gasteiger partial charge in [-0.25, -0.2) is 9.59 Å². The minimum atomic E-state index is -1.31. The molecule has 102 valence electrons. The van der Waals surface area contributed by atoms with E-state index in [1.807, 2.05) is 4.98 Å². The zero-order valence-corrected chi connectivity index (χ0v) is 10.2. The van der Waals surface area contributed by atoms with Crippen LogP contribution in [-0.2, 0) is 4.79 Å². The third-order valence-electron chi connectivity index (χ3n) is 3.34. The molecule has 1 saturated heterocycles. The number of aliphatic carboxylic acids is 1. The second-order valence-corrected chi connectivity index (χ2v) is 4.64. The quantitative estimate of drug-likeness (QED) is 0.643. The lowest BCUT2D eigenvalue weighted by Crippen LogP contribution is -2.51.